The van der Waals surface area contributed by atoms with Gasteiger partial charge in [-0.1, -0.05) is 60.7 Å². The maximum atomic E-state index is 14.2. The highest BCUT2D eigenvalue weighted by Crippen LogP contribution is 2.19. The molecule has 0 saturated carbocycles. The quantitative estimate of drug-likeness (QED) is 0.442. The zero-order valence-electron chi connectivity index (χ0n) is 16.7. The van der Waals surface area contributed by atoms with Gasteiger partial charge in [-0.3, -0.25) is 9.59 Å². The minimum absolute atomic E-state index is 0.0536. The molecule has 0 spiro atoms. The molecule has 1 heterocycles. The zero-order chi connectivity index (χ0) is 21.8. The molecular weight excluding hydrogens is 393 g/mol. The summed E-state index contributed by atoms with van der Waals surface area (Å²) in [5.41, 5.74) is 0.745. The Morgan fingerprint density at radius 3 is 2.32 bits per heavy atom. The minimum Gasteiger partial charge on any atom is -0.329 e. The van der Waals surface area contributed by atoms with Crippen molar-refractivity contribution in [3.05, 3.63) is 119 Å². The fourth-order valence-electron chi connectivity index (χ4n) is 3.45. The molecule has 3 aromatic carbocycles. The maximum Gasteiger partial charge on any atom is 0.279 e. The predicted molar refractivity (Wildman–Crippen MR) is 119 cm³/mol. The Kier molecular flexibility index (Phi) is 5.71. The summed E-state index contributed by atoms with van der Waals surface area (Å²) >= 11 is 0. The van der Waals surface area contributed by atoms with E-state index in [1.54, 1.807) is 72.8 Å². The van der Waals surface area contributed by atoms with Gasteiger partial charge >= 0.3 is 0 Å². The van der Waals surface area contributed by atoms with E-state index in [1.807, 2.05) is 6.07 Å². The number of hydrogen-bond donors (Lipinski definition) is 0. The number of halogens is 1. The normalized spacial score (nSPS) is 10.7. The van der Waals surface area contributed by atoms with Crippen LogP contribution in [0.2, 0.25) is 0 Å². The highest BCUT2D eigenvalue weighted by Gasteiger charge is 2.23. The van der Waals surface area contributed by atoms with Crippen LogP contribution in [-0.2, 0) is 6.54 Å². The molecule has 31 heavy (non-hydrogen) atoms. The van der Waals surface area contributed by atoms with Crippen molar-refractivity contribution < 1.29 is 9.18 Å². The SMILES string of the molecule is C=CCN(Cc1ccccc1F)C(=O)c1nn(-c2ccccc2)c(=O)c2ccccc12. The highest BCUT2D eigenvalue weighted by molar-refractivity contribution is 6.04. The van der Waals surface area contributed by atoms with Crippen molar-refractivity contribution in [1.29, 1.82) is 0 Å². The monoisotopic (exact) mass is 413 g/mol. The van der Waals surface area contributed by atoms with Gasteiger partial charge in [-0.25, -0.2) is 4.39 Å². The van der Waals surface area contributed by atoms with Crippen molar-refractivity contribution in [3.63, 3.8) is 0 Å². The Hall–Kier alpha value is -4.06. The Bertz CT molecular complexity index is 1320. The molecule has 0 saturated heterocycles. The summed E-state index contributed by atoms with van der Waals surface area (Å²) in [5, 5.41) is 5.26. The lowest BCUT2D eigenvalue weighted by molar-refractivity contribution is 0.0755. The van der Waals surface area contributed by atoms with Crippen molar-refractivity contribution in [2.24, 2.45) is 0 Å². The molecule has 0 aliphatic heterocycles. The number of amides is 1. The lowest BCUT2D eigenvalue weighted by Gasteiger charge is -2.22. The molecule has 4 rings (SSSR count). The molecule has 1 aromatic heterocycles. The fourth-order valence-corrected chi connectivity index (χ4v) is 3.45. The first kappa shape index (κ1) is 20.2. The van der Waals surface area contributed by atoms with E-state index in [-0.39, 0.29) is 24.3 Å². The molecule has 6 heteroatoms. The average Bonchev–Trinajstić information content (AvgIpc) is 2.81. The zero-order valence-corrected chi connectivity index (χ0v) is 16.7. The van der Waals surface area contributed by atoms with Gasteiger partial charge in [-0.05, 0) is 24.3 Å². The molecule has 0 fully saturated rings. The molecule has 5 nitrogen and oxygen atoms in total. The number of benzene rings is 3. The highest BCUT2D eigenvalue weighted by atomic mass is 19.1. The third-order valence-corrected chi connectivity index (χ3v) is 4.96. The van der Waals surface area contributed by atoms with E-state index in [0.717, 1.165) is 0 Å². The minimum atomic E-state index is -0.413. The summed E-state index contributed by atoms with van der Waals surface area (Å²) in [6, 6.07) is 22.1. The van der Waals surface area contributed by atoms with Crippen molar-refractivity contribution in [3.8, 4) is 5.69 Å². The van der Waals surface area contributed by atoms with Crippen LogP contribution in [0.3, 0.4) is 0 Å². The molecule has 0 radical (unpaired) electrons. The molecule has 0 bridgehead atoms. The van der Waals surface area contributed by atoms with Gasteiger partial charge in [0.25, 0.3) is 11.5 Å². The maximum absolute atomic E-state index is 14.2. The second-order valence-corrected chi connectivity index (χ2v) is 7.01. The number of fused-ring (bicyclic) bond motifs is 1. The molecule has 1 amide bonds. The van der Waals surface area contributed by atoms with Crippen molar-refractivity contribution in [2.75, 3.05) is 6.54 Å². The van der Waals surface area contributed by atoms with E-state index in [9.17, 15) is 14.0 Å². The van der Waals surface area contributed by atoms with Crippen LogP contribution in [0.1, 0.15) is 16.1 Å². The van der Waals surface area contributed by atoms with Crippen LogP contribution >= 0.6 is 0 Å². The number of para-hydroxylation sites is 1. The third kappa shape index (κ3) is 4.00. The average molecular weight is 413 g/mol. The first-order chi connectivity index (χ1) is 15.1. The second kappa shape index (κ2) is 8.75. The molecule has 0 unspecified atom stereocenters. The summed E-state index contributed by atoms with van der Waals surface area (Å²) in [5.74, 6) is -0.805. The summed E-state index contributed by atoms with van der Waals surface area (Å²) in [6.45, 7) is 3.97. The molecular formula is C25H20FN3O2. The molecule has 154 valence electrons. The van der Waals surface area contributed by atoms with E-state index in [1.165, 1.54) is 15.6 Å². The van der Waals surface area contributed by atoms with Crippen LogP contribution in [0.15, 0.2) is 96.3 Å². The Balaban J connectivity index is 1.86. The van der Waals surface area contributed by atoms with Gasteiger partial charge in [0.2, 0.25) is 0 Å². The van der Waals surface area contributed by atoms with Gasteiger partial charge in [0.05, 0.1) is 11.1 Å². The van der Waals surface area contributed by atoms with Crippen LogP contribution in [0.5, 0.6) is 0 Å². The summed E-state index contributed by atoms with van der Waals surface area (Å²) in [6.07, 6.45) is 1.58. The van der Waals surface area contributed by atoms with Gasteiger partial charge < -0.3 is 4.90 Å². The van der Waals surface area contributed by atoms with E-state index < -0.39 is 11.7 Å². The number of hydrogen-bond acceptors (Lipinski definition) is 3. The van der Waals surface area contributed by atoms with Crippen LogP contribution < -0.4 is 5.56 Å². The van der Waals surface area contributed by atoms with Crippen LogP contribution in [0, 0.1) is 5.82 Å². The van der Waals surface area contributed by atoms with Crippen LogP contribution in [0.4, 0.5) is 4.39 Å². The summed E-state index contributed by atoms with van der Waals surface area (Å²) in [4.78, 5) is 28.0. The largest absolute Gasteiger partial charge is 0.329 e. The van der Waals surface area contributed by atoms with Gasteiger partial charge in [-0.2, -0.15) is 9.78 Å². The van der Waals surface area contributed by atoms with Crippen LogP contribution in [-0.4, -0.2) is 27.1 Å². The first-order valence-electron chi connectivity index (χ1n) is 9.81. The van der Waals surface area contributed by atoms with E-state index >= 15 is 0 Å². The molecule has 0 N–H and O–H groups in total. The predicted octanol–water partition coefficient (Wildman–Crippen LogP) is 4.35. The number of nitrogens with zero attached hydrogens (tertiary/aromatic N) is 3. The van der Waals surface area contributed by atoms with Crippen molar-refractivity contribution >= 4 is 16.7 Å². The van der Waals surface area contributed by atoms with Crippen LogP contribution in [0.25, 0.3) is 16.5 Å². The number of aromatic nitrogens is 2. The van der Waals surface area contributed by atoms with Crippen molar-refractivity contribution in [1.82, 2.24) is 14.7 Å². The van der Waals surface area contributed by atoms with E-state index in [4.69, 9.17) is 0 Å². The van der Waals surface area contributed by atoms with Gasteiger partial charge in [-0.15, -0.1) is 6.58 Å². The van der Waals surface area contributed by atoms with E-state index in [0.29, 0.717) is 22.0 Å². The standard InChI is InChI=1S/C25H20FN3O2/c1-2-16-28(17-18-10-6-9-15-22(18)26)25(31)23-20-13-7-8-14-21(20)24(30)29(27-23)19-11-4-3-5-12-19/h2-15H,1,16-17H2. The number of rotatable bonds is 6. The Morgan fingerprint density at radius 2 is 1.61 bits per heavy atom. The molecule has 0 atom stereocenters. The number of carbonyl (C=O) groups excluding carboxylic acids is 1. The van der Waals surface area contributed by atoms with Gasteiger partial charge in [0.15, 0.2) is 5.69 Å². The Morgan fingerprint density at radius 1 is 0.968 bits per heavy atom. The number of carbonyl (C=O) groups is 1. The Labute approximate surface area is 178 Å². The smallest absolute Gasteiger partial charge is 0.279 e. The molecule has 0 aliphatic rings. The topological polar surface area (TPSA) is 55.2 Å². The lowest BCUT2D eigenvalue weighted by Crippen LogP contribution is -2.34. The third-order valence-electron chi connectivity index (χ3n) is 4.96. The second-order valence-electron chi connectivity index (χ2n) is 7.01. The summed E-state index contributed by atoms with van der Waals surface area (Å²) in [7, 11) is 0. The molecule has 0 aliphatic carbocycles. The fraction of sp³-hybridized carbons (Fsp3) is 0.0800. The van der Waals surface area contributed by atoms with E-state index in [2.05, 4.69) is 11.7 Å². The summed E-state index contributed by atoms with van der Waals surface area (Å²) < 4.78 is 15.4. The van der Waals surface area contributed by atoms with Gasteiger partial charge in [0.1, 0.15) is 5.82 Å². The van der Waals surface area contributed by atoms with Gasteiger partial charge in [0, 0.05) is 24.0 Å². The molecule has 4 aromatic rings. The lowest BCUT2D eigenvalue weighted by atomic mass is 10.1. The van der Waals surface area contributed by atoms with Crippen molar-refractivity contribution in [2.45, 2.75) is 6.54 Å². The first-order valence-corrected chi connectivity index (χ1v) is 9.81.